The topological polar surface area (TPSA) is 9.23 Å². The fourth-order valence-electron chi connectivity index (χ4n) is 6.61. The quantitative estimate of drug-likeness (QED) is 0.158. The van der Waals surface area contributed by atoms with E-state index in [4.69, 9.17) is 0 Å². The van der Waals surface area contributed by atoms with Gasteiger partial charge in [-0.2, -0.15) is 8.78 Å². The molecule has 0 spiro atoms. The lowest BCUT2D eigenvalue weighted by Gasteiger charge is -2.38. The molecule has 0 amide bonds. The van der Waals surface area contributed by atoms with Crippen molar-refractivity contribution in [1.82, 2.24) is 0 Å². The average Bonchev–Trinajstić information content (AvgIpc) is 2.91. The van der Waals surface area contributed by atoms with E-state index in [1.165, 1.54) is 89.2 Å². The maximum Gasteiger partial charge on any atom is 0.426 e. The van der Waals surface area contributed by atoms with Crippen molar-refractivity contribution >= 4 is 0 Å². The summed E-state index contributed by atoms with van der Waals surface area (Å²) in [6, 6.07) is 6.69. The maximum absolute atomic E-state index is 14.5. The first-order valence-electron chi connectivity index (χ1n) is 14.6. The van der Waals surface area contributed by atoms with E-state index < -0.39 is 34.9 Å². The van der Waals surface area contributed by atoms with Gasteiger partial charge in [-0.25, -0.2) is 13.2 Å². The van der Waals surface area contributed by atoms with Gasteiger partial charge >= 0.3 is 6.11 Å². The van der Waals surface area contributed by atoms with Crippen LogP contribution in [0.25, 0.3) is 0 Å². The van der Waals surface area contributed by atoms with Crippen LogP contribution in [0.3, 0.4) is 0 Å². The summed E-state index contributed by atoms with van der Waals surface area (Å²) in [6.45, 7) is 2.27. The van der Waals surface area contributed by atoms with E-state index in [-0.39, 0.29) is 0 Å². The summed E-state index contributed by atoms with van der Waals surface area (Å²) in [4.78, 5) is 0. The summed E-state index contributed by atoms with van der Waals surface area (Å²) in [5.41, 5.74) is 0.555. The van der Waals surface area contributed by atoms with Crippen LogP contribution in [0.15, 0.2) is 36.4 Å². The van der Waals surface area contributed by atoms with Gasteiger partial charge in [-0.15, -0.1) is 0 Å². The van der Waals surface area contributed by atoms with E-state index in [1.807, 2.05) is 0 Å². The first kappa shape index (κ1) is 28.9. The van der Waals surface area contributed by atoms with Gasteiger partial charge in [0.1, 0.15) is 5.75 Å². The molecule has 0 bridgehead atoms. The lowest BCUT2D eigenvalue weighted by molar-refractivity contribution is -0.185. The number of halogens is 5. The number of hydrogen-bond donors (Lipinski definition) is 0. The normalized spacial score (nSPS) is 24.4. The summed E-state index contributed by atoms with van der Waals surface area (Å²) in [5, 5.41) is 0. The van der Waals surface area contributed by atoms with Crippen LogP contribution < -0.4 is 4.74 Å². The SMILES string of the molecule is CCCCC[C@H]1CC[C@H](C2CCC(CCc3ccc(C(F)(F)Oc4cc(F)c(F)c(F)c4)cc3)CC2)CC1. The third-order valence-corrected chi connectivity index (χ3v) is 9.00. The first-order chi connectivity index (χ1) is 18.2. The Kier molecular flexibility index (Phi) is 10.1. The van der Waals surface area contributed by atoms with E-state index >= 15 is 0 Å². The molecule has 0 saturated heterocycles. The van der Waals surface area contributed by atoms with Crippen molar-refractivity contribution in [2.45, 2.75) is 103 Å². The highest BCUT2D eigenvalue weighted by molar-refractivity contribution is 5.29. The Bertz CT molecular complexity index is 982. The lowest BCUT2D eigenvalue weighted by atomic mass is 9.68. The van der Waals surface area contributed by atoms with E-state index in [9.17, 15) is 22.0 Å². The molecule has 2 aromatic rings. The highest BCUT2D eigenvalue weighted by Gasteiger charge is 2.35. The number of rotatable bonds is 11. The molecule has 1 nitrogen and oxygen atoms in total. The lowest BCUT2D eigenvalue weighted by Crippen LogP contribution is -2.26. The van der Waals surface area contributed by atoms with Crippen LogP contribution in [0.5, 0.6) is 5.75 Å². The minimum absolute atomic E-state index is 0.412. The van der Waals surface area contributed by atoms with Gasteiger partial charge in [0.2, 0.25) is 0 Å². The molecule has 2 saturated carbocycles. The van der Waals surface area contributed by atoms with E-state index in [0.717, 1.165) is 36.2 Å². The predicted octanol–water partition coefficient (Wildman–Crippen LogP) is 10.4. The van der Waals surface area contributed by atoms with Gasteiger partial charge in [0.05, 0.1) is 5.56 Å². The fourth-order valence-corrected chi connectivity index (χ4v) is 6.61. The Hall–Kier alpha value is -2.11. The Morgan fingerprint density at radius 1 is 0.737 bits per heavy atom. The number of alkyl halides is 2. The van der Waals surface area contributed by atoms with Gasteiger partial charge in [-0.05, 0) is 79.9 Å². The summed E-state index contributed by atoms with van der Waals surface area (Å²) in [6.07, 6.45) is 14.4. The zero-order chi connectivity index (χ0) is 27.1. The van der Waals surface area contributed by atoms with E-state index in [2.05, 4.69) is 11.7 Å². The van der Waals surface area contributed by atoms with Crippen molar-refractivity contribution < 1.29 is 26.7 Å². The van der Waals surface area contributed by atoms with Crippen LogP contribution in [-0.4, -0.2) is 0 Å². The molecule has 2 fully saturated rings. The first-order valence-corrected chi connectivity index (χ1v) is 14.6. The van der Waals surface area contributed by atoms with Gasteiger partial charge in [0.25, 0.3) is 0 Å². The standard InChI is InChI=1S/C32H41F5O/c1-2-3-4-5-22-8-14-25(15-9-22)26-16-10-23(11-17-26)6-7-24-12-18-27(19-13-24)32(36,37)38-28-20-29(33)31(35)30(34)21-28/h12-13,18-23,25-26H,2-11,14-17H2,1H3/t22-,23?,25-,26?. The monoisotopic (exact) mass is 536 g/mol. The van der Waals surface area contributed by atoms with Gasteiger partial charge in [-0.1, -0.05) is 70.4 Å². The number of benzene rings is 2. The molecule has 0 N–H and O–H groups in total. The van der Waals surface area contributed by atoms with Gasteiger partial charge < -0.3 is 4.74 Å². The summed E-state index contributed by atoms with van der Waals surface area (Å²) < 4.78 is 73.4. The van der Waals surface area contributed by atoms with Crippen LogP contribution in [-0.2, 0) is 12.5 Å². The van der Waals surface area contributed by atoms with Crippen LogP contribution in [0.1, 0.15) is 102 Å². The third-order valence-electron chi connectivity index (χ3n) is 9.00. The summed E-state index contributed by atoms with van der Waals surface area (Å²) >= 11 is 0. The minimum Gasteiger partial charge on any atom is -0.429 e. The molecular formula is C32H41F5O. The number of ether oxygens (including phenoxy) is 1. The van der Waals surface area contributed by atoms with Gasteiger partial charge in [0.15, 0.2) is 17.5 Å². The third kappa shape index (κ3) is 7.72. The molecule has 2 aliphatic carbocycles. The van der Waals surface area contributed by atoms with Crippen molar-refractivity contribution in [1.29, 1.82) is 0 Å². The van der Waals surface area contributed by atoms with Crippen LogP contribution in [0.4, 0.5) is 22.0 Å². The molecule has 4 rings (SSSR count). The molecule has 0 atom stereocenters. The maximum atomic E-state index is 14.5. The van der Waals surface area contributed by atoms with Crippen molar-refractivity contribution in [3.05, 3.63) is 65.0 Å². The van der Waals surface area contributed by atoms with Crippen molar-refractivity contribution in [3.63, 3.8) is 0 Å². The predicted molar refractivity (Wildman–Crippen MR) is 141 cm³/mol. The van der Waals surface area contributed by atoms with Crippen molar-refractivity contribution in [2.24, 2.45) is 23.7 Å². The second-order valence-corrected chi connectivity index (χ2v) is 11.6. The summed E-state index contributed by atoms with van der Waals surface area (Å²) in [7, 11) is 0. The van der Waals surface area contributed by atoms with Gasteiger partial charge in [0, 0.05) is 12.1 Å². The number of aryl methyl sites for hydroxylation is 1. The van der Waals surface area contributed by atoms with Crippen LogP contribution in [0.2, 0.25) is 0 Å². The molecule has 2 aromatic carbocycles. The number of unbranched alkanes of at least 4 members (excludes halogenated alkanes) is 2. The average molecular weight is 537 g/mol. The molecule has 0 heterocycles. The second kappa shape index (κ2) is 13.3. The summed E-state index contributed by atoms with van der Waals surface area (Å²) in [5.74, 6) is -2.21. The molecule has 0 aromatic heterocycles. The van der Waals surface area contributed by atoms with Crippen molar-refractivity contribution in [2.75, 3.05) is 0 Å². The van der Waals surface area contributed by atoms with E-state index in [1.54, 1.807) is 12.1 Å². The Morgan fingerprint density at radius 2 is 1.26 bits per heavy atom. The highest BCUT2D eigenvalue weighted by Crippen LogP contribution is 2.43. The van der Waals surface area contributed by atoms with Crippen LogP contribution >= 0.6 is 0 Å². The minimum atomic E-state index is -3.80. The van der Waals surface area contributed by atoms with Gasteiger partial charge in [-0.3, -0.25) is 0 Å². The number of hydrogen-bond acceptors (Lipinski definition) is 1. The molecule has 0 radical (unpaired) electrons. The molecule has 210 valence electrons. The Labute approximate surface area is 224 Å². The van der Waals surface area contributed by atoms with Crippen molar-refractivity contribution in [3.8, 4) is 5.75 Å². The highest BCUT2D eigenvalue weighted by atomic mass is 19.3. The zero-order valence-corrected chi connectivity index (χ0v) is 22.5. The Morgan fingerprint density at radius 3 is 1.79 bits per heavy atom. The Balaban J connectivity index is 1.19. The molecule has 0 unspecified atom stereocenters. The van der Waals surface area contributed by atoms with Crippen LogP contribution in [0, 0.1) is 41.1 Å². The molecular weight excluding hydrogens is 495 g/mol. The largest absolute Gasteiger partial charge is 0.429 e. The fraction of sp³-hybridized carbons (Fsp3) is 0.625. The second-order valence-electron chi connectivity index (χ2n) is 11.6. The smallest absolute Gasteiger partial charge is 0.426 e. The van der Waals surface area contributed by atoms with E-state index in [0.29, 0.717) is 18.1 Å². The molecule has 0 aliphatic heterocycles. The molecule has 6 heteroatoms. The zero-order valence-electron chi connectivity index (χ0n) is 22.5. The molecule has 2 aliphatic rings. The molecule has 38 heavy (non-hydrogen) atoms.